The number of nitrogens with one attached hydrogen (secondary N) is 1. The van der Waals surface area contributed by atoms with Gasteiger partial charge in [0.25, 0.3) is 5.91 Å². The molecule has 4 aromatic rings. The Balaban J connectivity index is 1.64. The summed E-state index contributed by atoms with van der Waals surface area (Å²) >= 11 is 0. The molecule has 1 heterocycles. The van der Waals surface area contributed by atoms with Crippen LogP contribution in [0.3, 0.4) is 0 Å². The number of fused-ring (bicyclic) bond motifs is 1. The highest BCUT2D eigenvalue weighted by Gasteiger charge is 2.22. The maximum absolute atomic E-state index is 13.7. The molecule has 0 aliphatic carbocycles. The molecule has 168 valence electrons. The molecular formula is C26H23FN2O4. The third kappa shape index (κ3) is 4.57. The Morgan fingerprint density at radius 2 is 1.73 bits per heavy atom. The van der Waals surface area contributed by atoms with Crippen molar-refractivity contribution in [2.75, 3.05) is 18.5 Å². The number of ether oxygens (including phenoxy) is 2. The third-order valence-corrected chi connectivity index (χ3v) is 5.19. The van der Waals surface area contributed by atoms with Gasteiger partial charge in [-0.25, -0.2) is 9.18 Å². The molecule has 0 saturated carbocycles. The number of hydrogen-bond acceptors (Lipinski definition) is 4. The molecule has 4 rings (SSSR count). The minimum atomic E-state index is -0.524. The molecule has 3 aromatic carbocycles. The van der Waals surface area contributed by atoms with Crippen molar-refractivity contribution >= 4 is 28.5 Å². The first-order valence-corrected chi connectivity index (χ1v) is 10.5. The minimum Gasteiger partial charge on any atom is -0.484 e. The Labute approximate surface area is 190 Å². The van der Waals surface area contributed by atoms with E-state index in [-0.39, 0.29) is 18.9 Å². The minimum absolute atomic E-state index is 0.0849. The van der Waals surface area contributed by atoms with E-state index in [1.165, 1.54) is 12.1 Å². The Bertz CT molecular complexity index is 1310. The summed E-state index contributed by atoms with van der Waals surface area (Å²) in [5.41, 5.74) is 2.99. The molecule has 0 saturated heterocycles. The Kier molecular flexibility index (Phi) is 6.40. The lowest BCUT2D eigenvalue weighted by atomic mass is 10.1. The van der Waals surface area contributed by atoms with Crippen LogP contribution in [-0.4, -0.2) is 29.7 Å². The molecule has 0 bridgehead atoms. The number of esters is 1. The average molecular weight is 446 g/mol. The van der Waals surface area contributed by atoms with Crippen LogP contribution < -0.4 is 10.1 Å². The third-order valence-electron chi connectivity index (χ3n) is 5.19. The second kappa shape index (κ2) is 9.56. The van der Waals surface area contributed by atoms with Crippen LogP contribution in [0.5, 0.6) is 5.75 Å². The highest BCUT2D eigenvalue weighted by atomic mass is 19.1. The molecule has 1 amide bonds. The van der Waals surface area contributed by atoms with Crippen LogP contribution in [-0.2, 0) is 9.53 Å². The molecule has 6 nitrogen and oxygen atoms in total. The van der Waals surface area contributed by atoms with Crippen LogP contribution in [0.25, 0.3) is 16.6 Å². The summed E-state index contributed by atoms with van der Waals surface area (Å²) in [6.45, 7) is 3.56. The van der Waals surface area contributed by atoms with Gasteiger partial charge in [0.15, 0.2) is 6.61 Å². The van der Waals surface area contributed by atoms with Gasteiger partial charge in [-0.2, -0.15) is 0 Å². The van der Waals surface area contributed by atoms with Gasteiger partial charge in [-0.05, 0) is 56.3 Å². The highest BCUT2D eigenvalue weighted by molar-refractivity contribution is 6.07. The summed E-state index contributed by atoms with van der Waals surface area (Å²) in [6.07, 6.45) is 0. The van der Waals surface area contributed by atoms with Gasteiger partial charge < -0.3 is 19.4 Å². The van der Waals surface area contributed by atoms with Gasteiger partial charge >= 0.3 is 5.97 Å². The Morgan fingerprint density at radius 1 is 1.00 bits per heavy atom. The van der Waals surface area contributed by atoms with Crippen molar-refractivity contribution in [3.63, 3.8) is 0 Å². The summed E-state index contributed by atoms with van der Waals surface area (Å²) < 4.78 is 26.7. The Hall–Kier alpha value is -4.13. The number of rotatable bonds is 7. The molecule has 0 atom stereocenters. The van der Waals surface area contributed by atoms with Gasteiger partial charge in [-0.1, -0.05) is 30.3 Å². The lowest BCUT2D eigenvalue weighted by Crippen LogP contribution is -2.20. The van der Waals surface area contributed by atoms with Crippen LogP contribution >= 0.6 is 0 Å². The summed E-state index contributed by atoms with van der Waals surface area (Å²) in [4.78, 5) is 25.0. The molecule has 7 heteroatoms. The van der Waals surface area contributed by atoms with E-state index in [9.17, 15) is 14.0 Å². The molecular weight excluding hydrogens is 423 g/mol. The fraction of sp³-hybridized carbons (Fsp3) is 0.154. The van der Waals surface area contributed by atoms with Crippen molar-refractivity contribution in [1.82, 2.24) is 4.57 Å². The topological polar surface area (TPSA) is 69.6 Å². The van der Waals surface area contributed by atoms with Crippen LogP contribution in [0.15, 0.2) is 72.8 Å². The summed E-state index contributed by atoms with van der Waals surface area (Å²) in [5.74, 6) is -1.04. The molecule has 0 unspecified atom stereocenters. The van der Waals surface area contributed by atoms with Gasteiger partial charge in [0.1, 0.15) is 11.6 Å². The van der Waals surface area contributed by atoms with Crippen molar-refractivity contribution in [3.05, 3.63) is 89.9 Å². The number of aromatic nitrogens is 1. The standard InChI is InChI=1S/C26H23FN2O4/c1-3-32-26(31)25-17(2)29(18-9-5-4-6-10-18)23-14-13-19(15-20(23)25)33-16-24(30)28-22-12-8-7-11-21(22)27/h4-15H,3,16H2,1-2H3,(H,28,30). The first-order chi connectivity index (χ1) is 16.0. The van der Waals surface area contributed by atoms with E-state index >= 15 is 0 Å². The maximum Gasteiger partial charge on any atom is 0.340 e. The van der Waals surface area contributed by atoms with Crippen LogP contribution in [0.1, 0.15) is 23.0 Å². The Morgan fingerprint density at radius 3 is 2.45 bits per heavy atom. The predicted molar refractivity (Wildman–Crippen MR) is 124 cm³/mol. The molecule has 1 aromatic heterocycles. The molecule has 0 aliphatic heterocycles. The van der Waals surface area contributed by atoms with E-state index in [2.05, 4.69) is 5.32 Å². The van der Waals surface area contributed by atoms with Gasteiger partial charge in [0, 0.05) is 16.8 Å². The first kappa shape index (κ1) is 22.1. The van der Waals surface area contributed by atoms with Crippen molar-refractivity contribution < 1.29 is 23.5 Å². The van der Waals surface area contributed by atoms with Gasteiger partial charge in [0.05, 0.1) is 23.4 Å². The van der Waals surface area contributed by atoms with Crippen LogP contribution in [0.2, 0.25) is 0 Å². The summed E-state index contributed by atoms with van der Waals surface area (Å²) in [5, 5.41) is 3.14. The van der Waals surface area contributed by atoms with Gasteiger partial charge in [-0.15, -0.1) is 0 Å². The fourth-order valence-electron chi connectivity index (χ4n) is 3.76. The number of carbonyl (C=O) groups excluding carboxylic acids is 2. The first-order valence-electron chi connectivity index (χ1n) is 10.5. The van der Waals surface area contributed by atoms with E-state index < -0.39 is 17.7 Å². The van der Waals surface area contributed by atoms with Crippen LogP contribution in [0.4, 0.5) is 10.1 Å². The SMILES string of the molecule is CCOC(=O)c1c(C)n(-c2ccccc2)c2ccc(OCC(=O)Nc3ccccc3F)cc12. The monoisotopic (exact) mass is 446 g/mol. The molecule has 0 fully saturated rings. The van der Waals surface area contributed by atoms with Crippen molar-refractivity contribution in [3.8, 4) is 11.4 Å². The number of nitrogens with zero attached hydrogens (tertiary/aromatic N) is 1. The van der Waals surface area contributed by atoms with Crippen LogP contribution in [0, 0.1) is 12.7 Å². The zero-order valence-electron chi connectivity index (χ0n) is 18.3. The second-order valence-corrected chi connectivity index (χ2v) is 7.35. The molecule has 0 radical (unpaired) electrons. The van der Waals surface area contributed by atoms with Crippen molar-refractivity contribution in [2.45, 2.75) is 13.8 Å². The molecule has 1 N–H and O–H groups in total. The number of carbonyl (C=O) groups is 2. The van der Waals surface area contributed by atoms with E-state index in [4.69, 9.17) is 9.47 Å². The lowest BCUT2D eigenvalue weighted by molar-refractivity contribution is -0.118. The molecule has 0 aliphatic rings. The molecule has 33 heavy (non-hydrogen) atoms. The van der Waals surface area contributed by atoms with E-state index in [1.807, 2.05) is 47.9 Å². The molecule has 0 spiro atoms. The second-order valence-electron chi connectivity index (χ2n) is 7.35. The lowest BCUT2D eigenvalue weighted by Gasteiger charge is -2.10. The summed E-state index contributed by atoms with van der Waals surface area (Å²) in [6, 6.07) is 20.9. The number of para-hydroxylation sites is 2. The van der Waals surface area contributed by atoms with Crippen molar-refractivity contribution in [1.29, 1.82) is 0 Å². The summed E-state index contributed by atoms with van der Waals surface area (Å²) in [7, 11) is 0. The average Bonchev–Trinajstić information content (AvgIpc) is 3.11. The van der Waals surface area contributed by atoms with Gasteiger partial charge in [0.2, 0.25) is 0 Å². The normalized spacial score (nSPS) is 10.8. The smallest absolute Gasteiger partial charge is 0.340 e. The number of halogens is 1. The zero-order chi connectivity index (χ0) is 23.4. The van der Waals surface area contributed by atoms with Gasteiger partial charge in [-0.3, -0.25) is 4.79 Å². The number of hydrogen-bond donors (Lipinski definition) is 1. The van der Waals surface area contributed by atoms with E-state index in [0.717, 1.165) is 16.9 Å². The van der Waals surface area contributed by atoms with E-state index in [0.29, 0.717) is 16.7 Å². The fourth-order valence-corrected chi connectivity index (χ4v) is 3.76. The predicted octanol–water partition coefficient (Wildman–Crippen LogP) is 5.27. The largest absolute Gasteiger partial charge is 0.484 e. The van der Waals surface area contributed by atoms with Crippen molar-refractivity contribution in [2.24, 2.45) is 0 Å². The maximum atomic E-state index is 13.7. The number of amides is 1. The highest BCUT2D eigenvalue weighted by Crippen LogP contribution is 2.32. The quantitative estimate of drug-likeness (QED) is 0.393. The number of benzene rings is 3. The zero-order valence-corrected chi connectivity index (χ0v) is 18.3. The number of anilines is 1. The van der Waals surface area contributed by atoms with E-state index in [1.54, 1.807) is 31.2 Å².